The minimum Gasteiger partial charge on any atom is -0.383 e. The monoisotopic (exact) mass is 263 g/mol. The average Bonchev–Trinajstić information content (AvgIpc) is 2.71. The third-order valence-corrected chi connectivity index (χ3v) is 2.77. The van der Waals surface area contributed by atoms with Crippen LogP contribution in [-0.4, -0.2) is 51.2 Å². The predicted octanol–water partition coefficient (Wildman–Crippen LogP) is -0.877. The van der Waals surface area contributed by atoms with Crippen LogP contribution in [0.25, 0.3) is 11.0 Å². The zero-order chi connectivity index (χ0) is 14.0. The number of fused-ring (bicyclic) bond motifs is 1. The van der Waals surface area contributed by atoms with E-state index in [9.17, 15) is 4.79 Å². The Morgan fingerprint density at radius 2 is 2.26 bits per heavy atom. The summed E-state index contributed by atoms with van der Waals surface area (Å²) in [4.78, 5) is 21.7. The van der Waals surface area contributed by atoms with Crippen LogP contribution in [0, 0.1) is 0 Å². The summed E-state index contributed by atoms with van der Waals surface area (Å²) in [6, 6.07) is 0. The van der Waals surface area contributed by atoms with Crippen molar-refractivity contribution in [2.24, 2.45) is 7.05 Å². The molecule has 0 fully saturated rings. The van der Waals surface area contributed by atoms with Crippen LogP contribution in [0.5, 0.6) is 0 Å². The number of nitrogens with two attached hydrogens (primary N) is 1. The number of hydrogen-bond acceptors (Lipinski definition) is 6. The highest BCUT2D eigenvalue weighted by molar-refractivity contribution is 5.84. The molecule has 0 saturated heterocycles. The number of amides is 1. The number of carbonyl (C=O) groups excluding carboxylic acids is 1. The van der Waals surface area contributed by atoms with Crippen molar-refractivity contribution in [2.45, 2.75) is 6.54 Å². The molecule has 0 bridgehead atoms. The lowest BCUT2D eigenvalue weighted by Gasteiger charge is -2.14. The summed E-state index contributed by atoms with van der Waals surface area (Å²) >= 11 is 0. The molecule has 0 unspecified atom stereocenters. The largest absolute Gasteiger partial charge is 0.383 e. The first-order valence-corrected chi connectivity index (χ1v) is 5.84. The van der Waals surface area contributed by atoms with Gasteiger partial charge in [0.05, 0.1) is 24.7 Å². The summed E-state index contributed by atoms with van der Waals surface area (Å²) in [5.41, 5.74) is 6.56. The van der Waals surface area contributed by atoms with Crippen molar-refractivity contribution < 1.29 is 4.79 Å². The average molecular weight is 263 g/mol. The SMILES string of the molecule is CNC(=O)CN(C)Cc1nc(N)c2cnn(C)c2n1. The second-order valence-electron chi connectivity index (χ2n) is 4.38. The Morgan fingerprint density at radius 1 is 1.53 bits per heavy atom. The van der Waals surface area contributed by atoms with E-state index < -0.39 is 0 Å². The predicted molar refractivity (Wildman–Crippen MR) is 71.1 cm³/mol. The van der Waals surface area contributed by atoms with Crippen molar-refractivity contribution >= 4 is 22.8 Å². The van der Waals surface area contributed by atoms with Crippen LogP contribution in [0.15, 0.2) is 6.20 Å². The van der Waals surface area contributed by atoms with E-state index in [-0.39, 0.29) is 12.5 Å². The summed E-state index contributed by atoms with van der Waals surface area (Å²) in [6.07, 6.45) is 1.64. The van der Waals surface area contributed by atoms with Gasteiger partial charge in [0.1, 0.15) is 11.6 Å². The number of likely N-dealkylation sites (N-methyl/N-ethyl adjacent to an activating group) is 2. The van der Waals surface area contributed by atoms with Gasteiger partial charge in [0.15, 0.2) is 5.65 Å². The van der Waals surface area contributed by atoms with Crippen molar-refractivity contribution in [3.8, 4) is 0 Å². The molecule has 102 valence electrons. The molecule has 8 nitrogen and oxygen atoms in total. The highest BCUT2D eigenvalue weighted by atomic mass is 16.1. The van der Waals surface area contributed by atoms with Gasteiger partial charge in [-0.15, -0.1) is 0 Å². The van der Waals surface area contributed by atoms with Gasteiger partial charge in [0, 0.05) is 14.1 Å². The maximum atomic E-state index is 11.3. The standard InChI is InChI=1S/C11H17N7O/c1-13-9(19)6-17(2)5-8-15-10(12)7-4-14-18(3)11(7)16-8/h4H,5-6H2,1-3H3,(H,13,19)(H2,12,15,16). The molecule has 2 rings (SSSR count). The minimum absolute atomic E-state index is 0.0583. The molecule has 0 spiro atoms. The third-order valence-electron chi connectivity index (χ3n) is 2.77. The molecule has 0 saturated carbocycles. The Morgan fingerprint density at radius 3 is 2.95 bits per heavy atom. The van der Waals surface area contributed by atoms with E-state index in [1.807, 2.05) is 11.9 Å². The van der Waals surface area contributed by atoms with Crippen molar-refractivity contribution in [3.05, 3.63) is 12.0 Å². The maximum absolute atomic E-state index is 11.3. The van der Waals surface area contributed by atoms with Crippen LogP contribution in [0.2, 0.25) is 0 Å². The quantitative estimate of drug-likeness (QED) is 0.743. The van der Waals surface area contributed by atoms with E-state index in [2.05, 4.69) is 20.4 Å². The molecule has 19 heavy (non-hydrogen) atoms. The van der Waals surface area contributed by atoms with E-state index in [0.717, 1.165) is 5.39 Å². The first-order valence-electron chi connectivity index (χ1n) is 5.84. The molecule has 2 aromatic rings. The second kappa shape index (κ2) is 5.19. The molecule has 0 aliphatic heterocycles. The number of nitrogen functional groups attached to an aromatic ring is 1. The summed E-state index contributed by atoms with van der Waals surface area (Å²) < 4.78 is 1.65. The number of nitrogens with one attached hydrogen (secondary N) is 1. The fraction of sp³-hybridized carbons (Fsp3) is 0.455. The number of rotatable bonds is 4. The Balaban J connectivity index is 2.21. The fourth-order valence-electron chi connectivity index (χ4n) is 1.78. The molecular formula is C11H17N7O. The molecule has 1 amide bonds. The van der Waals surface area contributed by atoms with E-state index in [4.69, 9.17) is 5.73 Å². The van der Waals surface area contributed by atoms with Gasteiger partial charge in [-0.1, -0.05) is 0 Å². The van der Waals surface area contributed by atoms with Crippen LogP contribution in [0.1, 0.15) is 5.82 Å². The van der Waals surface area contributed by atoms with Gasteiger partial charge >= 0.3 is 0 Å². The van der Waals surface area contributed by atoms with E-state index in [1.54, 1.807) is 25.0 Å². The maximum Gasteiger partial charge on any atom is 0.233 e. The first-order chi connectivity index (χ1) is 9.01. The summed E-state index contributed by atoms with van der Waals surface area (Å²) in [5, 5.41) is 7.40. The van der Waals surface area contributed by atoms with Crippen LogP contribution >= 0.6 is 0 Å². The van der Waals surface area contributed by atoms with E-state index in [0.29, 0.717) is 23.8 Å². The highest BCUT2D eigenvalue weighted by Gasteiger charge is 2.12. The van der Waals surface area contributed by atoms with Gasteiger partial charge in [0.2, 0.25) is 5.91 Å². The molecule has 3 N–H and O–H groups in total. The smallest absolute Gasteiger partial charge is 0.233 e. The van der Waals surface area contributed by atoms with Gasteiger partial charge in [-0.25, -0.2) is 9.97 Å². The van der Waals surface area contributed by atoms with Gasteiger partial charge in [-0.05, 0) is 7.05 Å². The van der Waals surface area contributed by atoms with E-state index >= 15 is 0 Å². The number of anilines is 1. The molecular weight excluding hydrogens is 246 g/mol. The van der Waals surface area contributed by atoms with Crippen molar-refractivity contribution in [3.63, 3.8) is 0 Å². The van der Waals surface area contributed by atoms with Crippen molar-refractivity contribution in [2.75, 3.05) is 26.4 Å². The number of hydrogen-bond donors (Lipinski definition) is 2. The van der Waals surface area contributed by atoms with Crippen LogP contribution in [0.3, 0.4) is 0 Å². The third kappa shape index (κ3) is 2.79. The number of carbonyl (C=O) groups is 1. The summed E-state index contributed by atoms with van der Waals surface area (Å²) in [5.74, 6) is 0.915. The molecule has 8 heteroatoms. The number of aromatic nitrogens is 4. The zero-order valence-corrected chi connectivity index (χ0v) is 11.2. The molecule has 0 radical (unpaired) electrons. The number of nitrogens with zero attached hydrogens (tertiary/aromatic N) is 5. The lowest BCUT2D eigenvalue weighted by molar-refractivity contribution is -0.121. The molecule has 2 heterocycles. The van der Waals surface area contributed by atoms with Gasteiger partial charge in [0.25, 0.3) is 0 Å². The fourth-order valence-corrected chi connectivity index (χ4v) is 1.78. The molecule has 0 aliphatic rings. The van der Waals surface area contributed by atoms with Gasteiger partial charge < -0.3 is 11.1 Å². The Hall–Kier alpha value is -2.22. The van der Waals surface area contributed by atoms with Crippen LogP contribution < -0.4 is 11.1 Å². The van der Waals surface area contributed by atoms with Crippen LogP contribution in [0.4, 0.5) is 5.82 Å². The van der Waals surface area contributed by atoms with Crippen LogP contribution in [-0.2, 0) is 18.4 Å². The Bertz CT molecular complexity index is 606. The van der Waals surface area contributed by atoms with Crippen molar-refractivity contribution in [1.29, 1.82) is 0 Å². The minimum atomic E-state index is -0.0583. The number of aryl methyl sites for hydroxylation is 1. The lowest BCUT2D eigenvalue weighted by Crippen LogP contribution is -2.33. The topological polar surface area (TPSA) is 102 Å². The molecule has 0 aromatic carbocycles. The van der Waals surface area contributed by atoms with E-state index in [1.165, 1.54) is 0 Å². The van der Waals surface area contributed by atoms with Gasteiger partial charge in [-0.2, -0.15) is 5.10 Å². The zero-order valence-electron chi connectivity index (χ0n) is 11.2. The molecule has 0 aliphatic carbocycles. The Kier molecular flexibility index (Phi) is 3.61. The lowest BCUT2D eigenvalue weighted by atomic mass is 10.4. The normalized spacial score (nSPS) is 11.2. The van der Waals surface area contributed by atoms with Gasteiger partial charge in [-0.3, -0.25) is 14.4 Å². The van der Waals surface area contributed by atoms with Crippen molar-refractivity contribution in [1.82, 2.24) is 30.0 Å². The summed E-state index contributed by atoms with van der Waals surface area (Å²) in [6.45, 7) is 0.724. The molecule has 0 atom stereocenters. The summed E-state index contributed by atoms with van der Waals surface area (Å²) in [7, 11) is 5.22. The second-order valence-corrected chi connectivity index (χ2v) is 4.38. The Labute approximate surface area is 110 Å². The molecule has 2 aromatic heterocycles. The highest BCUT2D eigenvalue weighted by Crippen LogP contribution is 2.16. The first kappa shape index (κ1) is 13.2.